The molecule has 29 heavy (non-hydrogen) atoms. The monoisotopic (exact) mass is 394 g/mol. The van der Waals surface area contributed by atoms with Crippen LogP contribution in [-0.4, -0.2) is 40.2 Å². The second kappa shape index (κ2) is 6.36. The quantitative estimate of drug-likeness (QED) is 0.555. The van der Waals surface area contributed by atoms with Crippen molar-refractivity contribution < 1.29 is 14.3 Å². The average Bonchev–Trinajstić information content (AvgIpc) is 3.21. The van der Waals surface area contributed by atoms with Gasteiger partial charge in [0.2, 0.25) is 5.43 Å². The second-order valence-electron chi connectivity index (χ2n) is 7.03. The Morgan fingerprint density at radius 1 is 1.28 bits per heavy atom. The van der Waals surface area contributed by atoms with Crippen LogP contribution in [0.5, 0.6) is 0 Å². The molecule has 0 radical (unpaired) electrons. The van der Waals surface area contributed by atoms with Crippen molar-refractivity contribution >= 4 is 16.9 Å². The number of hydrogen-bond acceptors (Lipinski definition) is 5. The van der Waals surface area contributed by atoms with Gasteiger partial charge in [0.15, 0.2) is 0 Å². The van der Waals surface area contributed by atoms with Crippen LogP contribution in [0.1, 0.15) is 34.9 Å². The van der Waals surface area contributed by atoms with Gasteiger partial charge >= 0.3 is 5.97 Å². The predicted molar refractivity (Wildman–Crippen MR) is 99.6 cm³/mol. The van der Waals surface area contributed by atoms with E-state index < -0.39 is 17.2 Å². The Balaban J connectivity index is 1.64. The molecule has 0 atom stereocenters. The molecule has 0 unspecified atom stereocenters. The predicted octanol–water partition coefficient (Wildman–Crippen LogP) is 2.00. The molecule has 3 aromatic heterocycles. The third-order valence-electron chi connectivity index (χ3n) is 4.96. The number of rotatable bonds is 5. The second-order valence-corrected chi connectivity index (χ2v) is 7.03. The molecule has 1 N–H and O–H groups in total. The summed E-state index contributed by atoms with van der Waals surface area (Å²) >= 11 is 0. The number of carboxylic acid groups (broad SMARTS) is 1. The van der Waals surface area contributed by atoms with Crippen LogP contribution in [0, 0.1) is 5.82 Å². The minimum atomic E-state index is -1.32. The zero-order valence-corrected chi connectivity index (χ0v) is 15.1. The number of nitrogens with zero attached hydrogens (tertiary/aromatic N) is 6. The van der Waals surface area contributed by atoms with Crippen LogP contribution in [0.3, 0.4) is 0 Å². The molecule has 0 bridgehead atoms. The molecule has 1 aliphatic carbocycles. The fraction of sp³-hybridized carbons (Fsp3) is 0.211. The van der Waals surface area contributed by atoms with Crippen molar-refractivity contribution in [2.75, 3.05) is 0 Å². The first-order valence-corrected chi connectivity index (χ1v) is 9.00. The van der Waals surface area contributed by atoms with Gasteiger partial charge in [-0.05, 0) is 25.0 Å². The van der Waals surface area contributed by atoms with E-state index in [2.05, 4.69) is 15.3 Å². The average molecular weight is 394 g/mol. The summed E-state index contributed by atoms with van der Waals surface area (Å²) in [7, 11) is 0. The molecule has 1 fully saturated rings. The summed E-state index contributed by atoms with van der Waals surface area (Å²) in [6.45, 7) is 0.434. The molecule has 9 nitrogen and oxygen atoms in total. The molecule has 5 rings (SSSR count). The molecular weight excluding hydrogens is 379 g/mol. The minimum absolute atomic E-state index is 0.0387. The van der Waals surface area contributed by atoms with Gasteiger partial charge in [-0.2, -0.15) is 0 Å². The first-order valence-electron chi connectivity index (χ1n) is 9.00. The summed E-state index contributed by atoms with van der Waals surface area (Å²) < 4.78 is 19.7. The van der Waals surface area contributed by atoms with E-state index in [1.807, 2.05) is 4.57 Å². The molecule has 0 spiro atoms. The van der Waals surface area contributed by atoms with Gasteiger partial charge in [-0.1, -0.05) is 5.21 Å². The molecule has 0 aliphatic heterocycles. The van der Waals surface area contributed by atoms with Crippen molar-refractivity contribution in [2.24, 2.45) is 0 Å². The summed E-state index contributed by atoms with van der Waals surface area (Å²) in [5.41, 5.74) is 0.168. The van der Waals surface area contributed by atoms with Crippen LogP contribution in [0.15, 0.2) is 48.0 Å². The molecule has 0 saturated heterocycles. The van der Waals surface area contributed by atoms with Gasteiger partial charge in [-0.15, -0.1) is 5.10 Å². The Bertz CT molecular complexity index is 1300. The number of aromatic nitrogens is 6. The van der Waals surface area contributed by atoms with Gasteiger partial charge in [0.05, 0.1) is 24.6 Å². The molecule has 146 valence electrons. The van der Waals surface area contributed by atoms with Crippen LogP contribution in [0.4, 0.5) is 4.39 Å². The number of carbonyl (C=O) groups is 1. The molecule has 4 aromatic rings. The molecule has 1 saturated carbocycles. The van der Waals surface area contributed by atoms with E-state index in [-0.39, 0.29) is 22.7 Å². The van der Waals surface area contributed by atoms with Gasteiger partial charge in [0, 0.05) is 30.0 Å². The Labute approximate surface area is 162 Å². The van der Waals surface area contributed by atoms with E-state index >= 15 is 0 Å². The fourth-order valence-corrected chi connectivity index (χ4v) is 3.40. The maximum atomic E-state index is 14.9. The first kappa shape index (κ1) is 17.3. The number of carboxylic acids is 1. The summed E-state index contributed by atoms with van der Waals surface area (Å²) in [5.74, 6) is -2.00. The highest BCUT2D eigenvalue weighted by atomic mass is 19.1. The Hall–Kier alpha value is -3.82. The fourth-order valence-electron chi connectivity index (χ4n) is 3.40. The number of fused-ring (bicyclic) bond motifs is 1. The summed E-state index contributed by atoms with van der Waals surface area (Å²) in [4.78, 5) is 27.9. The Morgan fingerprint density at radius 3 is 2.79 bits per heavy atom. The lowest BCUT2D eigenvalue weighted by atomic mass is 10.1. The van der Waals surface area contributed by atoms with Gasteiger partial charge in [-0.25, -0.2) is 18.9 Å². The van der Waals surface area contributed by atoms with Crippen molar-refractivity contribution in [1.82, 2.24) is 29.1 Å². The summed E-state index contributed by atoms with van der Waals surface area (Å²) in [5, 5.41) is 17.4. The number of benzene rings is 1. The van der Waals surface area contributed by atoms with Crippen LogP contribution in [-0.2, 0) is 6.54 Å². The Morgan fingerprint density at radius 2 is 2.10 bits per heavy atom. The van der Waals surface area contributed by atoms with Crippen LogP contribution in [0.25, 0.3) is 16.6 Å². The smallest absolute Gasteiger partial charge is 0.341 e. The van der Waals surface area contributed by atoms with Gasteiger partial charge in [0.25, 0.3) is 0 Å². The zero-order chi connectivity index (χ0) is 20.1. The molecule has 1 aromatic carbocycles. The minimum Gasteiger partial charge on any atom is -0.477 e. The van der Waals surface area contributed by atoms with E-state index in [1.54, 1.807) is 29.5 Å². The largest absolute Gasteiger partial charge is 0.477 e. The topological polar surface area (TPSA) is 108 Å². The van der Waals surface area contributed by atoms with Crippen LogP contribution in [0.2, 0.25) is 0 Å². The SMILES string of the molecule is O=C(O)c1cn(C2CC2)c2cc(-n3cc(Cn4ccnc4)nn3)c(F)cc2c1=O. The van der Waals surface area contributed by atoms with Gasteiger partial charge < -0.3 is 14.2 Å². The number of halogens is 1. The first-order chi connectivity index (χ1) is 14.0. The van der Waals surface area contributed by atoms with E-state index in [1.165, 1.54) is 16.9 Å². The normalized spacial score (nSPS) is 13.8. The molecule has 1 aliphatic rings. The number of aromatic carboxylic acids is 1. The maximum absolute atomic E-state index is 14.9. The number of imidazole rings is 1. The molecule has 0 amide bonds. The van der Waals surface area contributed by atoms with Crippen molar-refractivity contribution in [2.45, 2.75) is 25.4 Å². The van der Waals surface area contributed by atoms with Crippen molar-refractivity contribution in [1.29, 1.82) is 0 Å². The van der Waals surface area contributed by atoms with Crippen molar-refractivity contribution in [3.8, 4) is 5.69 Å². The molecule has 3 heterocycles. The third-order valence-corrected chi connectivity index (χ3v) is 4.96. The van der Waals surface area contributed by atoms with E-state index in [4.69, 9.17) is 0 Å². The maximum Gasteiger partial charge on any atom is 0.341 e. The van der Waals surface area contributed by atoms with Crippen molar-refractivity contribution in [3.63, 3.8) is 0 Å². The lowest BCUT2D eigenvalue weighted by Gasteiger charge is -2.13. The van der Waals surface area contributed by atoms with E-state index in [0.29, 0.717) is 17.8 Å². The molecule has 10 heteroatoms. The van der Waals surface area contributed by atoms with Crippen LogP contribution < -0.4 is 5.43 Å². The lowest BCUT2D eigenvalue weighted by molar-refractivity contribution is 0.0695. The number of hydrogen-bond donors (Lipinski definition) is 1. The van der Waals surface area contributed by atoms with Crippen molar-refractivity contribution in [3.05, 3.63) is 70.5 Å². The van der Waals surface area contributed by atoms with Gasteiger partial charge in [0.1, 0.15) is 22.8 Å². The van der Waals surface area contributed by atoms with Crippen LogP contribution >= 0.6 is 0 Å². The third kappa shape index (κ3) is 2.98. The number of pyridine rings is 1. The zero-order valence-electron chi connectivity index (χ0n) is 15.1. The highest BCUT2D eigenvalue weighted by Gasteiger charge is 2.27. The summed E-state index contributed by atoms with van der Waals surface area (Å²) in [6.07, 6.45) is 9.78. The summed E-state index contributed by atoms with van der Waals surface area (Å²) in [6, 6.07) is 2.70. The Kier molecular flexibility index (Phi) is 3.79. The molecular formula is C19H15FN6O3. The lowest BCUT2D eigenvalue weighted by Crippen LogP contribution is -2.19. The van der Waals surface area contributed by atoms with E-state index in [9.17, 15) is 19.1 Å². The van der Waals surface area contributed by atoms with Gasteiger partial charge in [-0.3, -0.25) is 4.79 Å². The standard InChI is InChI=1S/C19H15FN6O3/c20-15-5-13-16(25(12-1-2-12)9-14(18(13)27)19(28)29)6-17(15)26-8-11(22-23-26)7-24-4-3-21-10-24/h3-6,8-10,12H,1-2,7H2,(H,28,29). The highest BCUT2D eigenvalue weighted by Crippen LogP contribution is 2.37. The van der Waals surface area contributed by atoms with E-state index in [0.717, 1.165) is 18.9 Å². The highest BCUT2D eigenvalue weighted by molar-refractivity contribution is 5.93.